The third kappa shape index (κ3) is 5.72. The number of halogens is 1. The normalized spacial score (nSPS) is 17.4. The predicted molar refractivity (Wildman–Crippen MR) is 122 cm³/mol. The highest BCUT2D eigenvalue weighted by Crippen LogP contribution is 2.27. The number of rotatable bonds is 6. The van der Waals surface area contributed by atoms with E-state index in [0.717, 1.165) is 32.0 Å². The number of amides is 3. The summed E-state index contributed by atoms with van der Waals surface area (Å²) in [5.74, 6) is 0.0201. The number of carbonyl (C=O) groups excluding carboxylic acids is 2. The lowest BCUT2D eigenvalue weighted by molar-refractivity contribution is -0.242. The number of hydrogen-bond acceptors (Lipinski definition) is 7. The number of nitrogens with one attached hydrogen (secondary N) is 2. The number of ether oxygens (including phenoxy) is 1. The third-order valence-corrected chi connectivity index (χ3v) is 6.27. The monoisotopic (exact) mass is 471 g/mol. The Morgan fingerprint density at radius 3 is 2.47 bits per heavy atom. The molecule has 2 N–H and O–H groups in total. The van der Waals surface area contributed by atoms with Crippen molar-refractivity contribution in [2.45, 2.75) is 24.9 Å². The van der Waals surface area contributed by atoms with E-state index in [1.807, 2.05) is 5.32 Å². The number of piperidine rings is 1. The van der Waals surface area contributed by atoms with Crippen LogP contribution in [0, 0.1) is 5.82 Å². The van der Waals surface area contributed by atoms with Gasteiger partial charge in [0.05, 0.1) is 5.69 Å². The molecule has 0 saturated carbocycles. The maximum Gasteiger partial charge on any atom is 0.323 e. The zero-order valence-corrected chi connectivity index (χ0v) is 19.2. The van der Waals surface area contributed by atoms with E-state index in [4.69, 9.17) is 4.74 Å². The van der Waals surface area contributed by atoms with Crippen LogP contribution in [0.5, 0.6) is 11.5 Å². The van der Waals surface area contributed by atoms with Crippen LogP contribution in [-0.2, 0) is 0 Å². The molecule has 0 bridgehead atoms. The van der Waals surface area contributed by atoms with Gasteiger partial charge in [0.2, 0.25) is 0 Å². The highest BCUT2D eigenvalue weighted by atomic mass is 19.1. The Labute approximate surface area is 197 Å². The van der Waals surface area contributed by atoms with Crippen molar-refractivity contribution >= 4 is 23.6 Å². The maximum atomic E-state index is 14.0. The molecule has 11 heteroatoms. The van der Waals surface area contributed by atoms with Crippen molar-refractivity contribution in [3.8, 4) is 11.5 Å². The first kappa shape index (κ1) is 23.7. The summed E-state index contributed by atoms with van der Waals surface area (Å²) in [6, 6.07) is 7.72. The molecule has 3 heterocycles. The molecule has 0 radical (unpaired) electrons. The minimum absolute atomic E-state index is 0.162. The van der Waals surface area contributed by atoms with Gasteiger partial charge in [-0.05, 0) is 45.1 Å². The summed E-state index contributed by atoms with van der Waals surface area (Å²) in [6.07, 6.45) is 1.76. The molecule has 2 saturated heterocycles. The molecule has 2 aliphatic heterocycles. The van der Waals surface area contributed by atoms with Crippen molar-refractivity contribution in [2.24, 2.45) is 0 Å². The predicted octanol–water partition coefficient (Wildman–Crippen LogP) is 2.01. The number of likely N-dealkylation sites (tertiary alicyclic amines) is 2. The molecule has 2 fully saturated rings. The second-order valence-corrected chi connectivity index (χ2v) is 8.75. The van der Waals surface area contributed by atoms with Gasteiger partial charge < -0.3 is 29.8 Å². The van der Waals surface area contributed by atoms with Crippen molar-refractivity contribution in [3.05, 3.63) is 42.3 Å². The van der Waals surface area contributed by atoms with E-state index >= 15 is 0 Å². The van der Waals surface area contributed by atoms with Crippen LogP contribution in [0.3, 0.4) is 0 Å². The second-order valence-electron chi connectivity index (χ2n) is 8.75. The Hall–Kier alpha value is -3.44. The quantitative estimate of drug-likeness (QED) is 0.663. The molecule has 1 aromatic carbocycles. The summed E-state index contributed by atoms with van der Waals surface area (Å²) in [5, 5.41) is 15.2. The summed E-state index contributed by atoms with van der Waals surface area (Å²) in [5.41, 5.74) is -0.231. The van der Waals surface area contributed by atoms with Gasteiger partial charge in [0.1, 0.15) is 29.2 Å². The molecule has 0 atom stereocenters. The molecule has 2 aromatic rings. The first-order valence-corrected chi connectivity index (χ1v) is 11.2. The van der Waals surface area contributed by atoms with Crippen molar-refractivity contribution in [3.63, 3.8) is 0 Å². The Kier molecular flexibility index (Phi) is 7.13. The summed E-state index contributed by atoms with van der Waals surface area (Å²) in [7, 11) is 4.21. The van der Waals surface area contributed by atoms with Crippen molar-refractivity contribution < 1.29 is 23.8 Å². The number of carbonyl (C=O) groups is 2. The van der Waals surface area contributed by atoms with E-state index in [1.54, 1.807) is 11.0 Å². The van der Waals surface area contributed by atoms with Gasteiger partial charge in [-0.3, -0.25) is 10.2 Å². The Bertz CT molecular complexity index is 1040. The van der Waals surface area contributed by atoms with Gasteiger partial charge >= 0.3 is 6.03 Å². The van der Waals surface area contributed by atoms with E-state index in [1.165, 1.54) is 24.4 Å². The number of aromatic nitrogens is 1. The van der Waals surface area contributed by atoms with Crippen LogP contribution < -0.4 is 20.5 Å². The van der Waals surface area contributed by atoms with Gasteiger partial charge in [0, 0.05) is 56.6 Å². The Balaban J connectivity index is 1.28. The van der Waals surface area contributed by atoms with Gasteiger partial charge in [-0.25, -0.2) is 14.2 Å². The average molecular weight is 472 g/mol. The SMILES string of the molecule is CN(C)C1CN(C2CCN(C(=O)Nc3cc(Oc4ccc(NC(=O)[O-])c(F)c4)ccn3)CC2)C1. The number of pyridine rings is 1. The lowest BCUT2D eigenvalue weighted by Crippen LogP contribution is -2.62. The molecule has 0 aliphatic carbocycles. The number of anilines is 2. The van der Waals surface area contributed by atoms with E-state index in [9.17, 15) is 19.1 Å². The molecule has 4 rings (SSSR count). The van der Waals surface area contributed by atoms with Crippen molar-refractivity contribution in [2.75, 3.05) is 50.9 Å². The first-order valence-electron chi connectivity index (χ1n) is 11.2. The molecule has 2 aliphatic rings. The Morgan fingerprint density at radius 1 is 1.12 bits per heavy atom. The fourth-order valence-corrected chi connectivity index (χ4v) is 4.19. The minimum atomic E-state index is -1.61. The summed E-state index contributed by atoms with van der Waals surface area (Å²) < 4.78 is 19.6. The van der Waals surface area contributed by atoms with Crippen LogP contribution in [0.1, 0.15) is 12.8 Å². The highest BCUT2D eigenvalue weighted by Gasteiger charge is 2.35. The number of likely N-dealkylation sites (N-methyl/N-ethyl adjacent to an activating group) is 1. The molecule has 3 amide bonds. The van der Waals surface area contributed by atoms with Gasteiger partial charge in [0.25, 0.3) is 0 Å². The largest absolute Gasteiger partial charge is 0.530 e. The maximum absolute atomic E-state index is 14.0. The van der Waals surface area contributed by atoms with Crippen LogP contribution in [0.25, 0.3) is 0 Å². The summed E-state index contributed by atoms with van der Waals surface area (Å²) in [6.45, 7) is 3.53. The van der Waals surface area contributed by atoms with Crippen molar-refractivity contribution in [1.82, 2.24) is 19.7 Å². The smallest absolute Gasteiger partial charge is 0.323 e. The van der Waals surface area contributed by atoms with E-state index in [-0.39, 0.29) is 17.5 Å². The highest BCUT2D eigenvalue weighted by molar-refractivity contribution is 5.88. The first-order chi connectivity index (χ1) is 16.3. The summed E-state index contributed by atoms with van der Waals surface area (Å²) in [4.78, 5) is 34.0. The fourth-order valence-electron chi connectivity index (χ4n) is 4.19. The number of benzene rings is 1. The molecular weight excluding hydrogens is 443 g/mol. The molecule has 34 heavy (non-hydrogen) atoms. The standard InChI is InChI=1S/C23H29FN6O4/c1-28(2)16-13-30(14-16)15-6-9-29(10-7-15)22(31)27-21-12-18(5-8-25-21)34-17-3-4-20(19(24)11-17)26-23(32)33/h3-5,8,11-12,15-16,26H,6-7,9-10,13-14H2,1-2H3,(H,32,33)(H,25,27,31)/p-1. The number of carboxylic acid groups (broad SMARTS) is 1. The molecule has 0 unspecified atom stereocenters. The van der Waals surface area contributed by atoms with E-state index < -0.39 is 11.9 Å². The average Bonchev–Trinajstić information content (AvgIpc) is 2.75. The van der Waals surface area contributed by atoms with Crippen LogP contribution in [0.2, 0.25) is 0 Å². The van der Waals surface area contributed by atoms with Gasteiger partial charge in [-0.1, -0.05) is 0 Å². The molecule has 0 spiro atoms. The zero-order valence-electron chi connectivity index (χ0n) is 19.2. The van der Waals surface area contributed by atoms with Crippen LogP contribution in [0.4, 0.5) is 25.5 Å². The van der Waals surface area contributed by atoms with Crippen LogP contribution >= 0.6 is 0 Å². The van der Waals surface area contributed by atoms with E-state index in [0.29, 0.717) is 36.7 Å². The fraction of sp³-hybridized carbons (Fsp3) is 0.435. The molecule has 10 nitrogen and oxygen atoms in total. The zero-order chi connectivity index (χ0) is 24.2. The molecule has 182 valence electrons. The van der Waals surface area contributed by atoms with Crippen LogP contribution in [0.15, 0.2) is 36.5 Å². The number of nitrogens with zero attached hydrogens (tertiary/aromatic N) is 4. The van der Waals surface area contributed by atoms with Gasteiger partial charge in [-0.15, -0.1) is 0 Å². The summed E-state index contributed by atoms with van der Waals surface area (Å²) >= 11 is 0. The van der Waals surface area contributed by atoms with Crippen molar-refractivity contribution in [1.29, 1.82) is 0 Å². The second kappa shape index (κ2) is 10.2. The number of hydrogen-bond donors (Lipinski definition) is 2. The van der Waals surface area contributed by atoms with Gasteiger partial charge in [-0.2, -0.15) is 0 Å². The third-order valence-electron chi connectivity index (χ3n) is 6.27. The van der Waals surface area contributed by atoms with Gasteiger partial charge in [0.15, 0.2) is 0 Å². The lowest BCUT2D eigenvalue weighted by atomic mass is 9.97. The van der Waals surface area contributed by atoms with Crippen LogP contribution in [-0.4, -0.2) is 84.2 Å². The Morgan fingerprint density at radius 2 is 1.82 bits per heavy atom. The number of urea groups is 1. The minimum Gasteiger partial charge on any atom is -0.530 e. The lowest BCUT2D eigenvalue weighted by Gasteiger charge is -2.49. The topological polar surface area (TPSA) is 113 Å². The van der Waals surface area contributed by atoms with E-state index in [2.05, 4.69) is 34.2 Å². The molecular formula is C23H28FN6O4-. The molecule has 1 aromatic heterocycles.